The van der Waals surface area contributed by atoms with Gasteiger partial charge in [-0.2, -0.15) is 4.31 Å². The Morgan fingerprint density at radius 2 is 1.81 bits per heavy atom. The fraction of sp³-hybridized carbons (Fsp3) is 0.409. The summed E-state index contributed by atoms with van der Waals surface area (Å²) in [7, 11) is 1.94. The summed E-state index contributed by atoms with van der Waals surface area (Å²) < 4.78 is 41.5. The van der Waals surface area contributed by atoms with Crippen molar-refractivity contribution in [3.05, 3.63) is 65.5 Å². The number of guanidine groups is 1. The lowest BCUT2D eigenvalue weighted by Crippen LogP contribution is -2.47. The zero-order valence-electron chi connectivity index (χ0n) is 18.7. The molecule has 1 fully saturated rings. The van der Waals surface area contributed by atoms with Gasteiger partial charge in [0.15, 0.2) is 5.96 Å². The molecular weight excluding hydrogens is 544 g/mol. The summed E-state index contributed by atoms with van der Waals surface area (Å²) >= 11 is 0. The molecule has 1 aliphatic heterocycles. The minimum absolute atomic E-state index is 0. The number of halogens is 2. The van der Waals surface area contributed by atoms with Gasteiger partial charge in [-0.3, -0.25) is 4.99 Å². The normalized spacial score (nSPS) is 15.8. The first-order valence-electron chi connectivity index (χ1n) is 10.2. The molecule has 0 amide bonds. The second kappa shape index (κ2) is 11.9. The molecule has 1 saturated heterocycles. The highest BCUT2D eigenvalue weighted by molar-refractivity contribution is 14.0. The van der Waals surface area contributed by atoms with Crippen molar-refractivity contribution in [3.8, 4) is 0 Å². The maximum absolute atomic E-state index is 13.5. The third-order valence-corrected chi connectivity index (χ3v) is 7.37. The van der Waals surface area contributed by atoms with Gasteiger partial charge >= 0.3 is 0 Å². The third kappa shape index (κ3) is 6.63. The smallest absolute Gasteiger partial charge is 0.243 e. The molecule has 176 valence electrons. The highest BCUT2D eigenvalue weighted by atomic mass is 127. The Balaban J connectivity index is 0.00000363. The number of piperazine rings is 1. The lowest BCUT2D eigenvalue weighted by atomic mass is 10.2. The van der Waals surface area contributed by atoms with Crippen molar-refractivity contribution in [3.63, 3.8) is 0 Å². The molecule has 0 bridgehead atoms. The van der Waals surface area contributed by atoms with Crippen molar-refractivity contribution < 1.29 is 12.8 Å². The molecule has 1 heterocycles. The van der Waals surface area contributed by atoms with Gasteiger partial charge in [-0.15, -0.1) is 24.0 Å². The molecule has 2 aromatic rings. The molecule has 10 heteroatoms. The topological polar surface area (TPSA) is 68.2 Å². The van der Waals surface area contributed by atoms with Crippen LogP contribution in [0.15, 0.2) is 58.4 Å². The van der Waals surface area contributed by atoms with E-state index < -0.39 is 10.0 Å². The lowest BCUT2D eigenvalue weighted by molar-refractivity contribution is 0.222. The molecule has 1 N–H and O–H groups in total. The third-order valence-electron chi connectivity index (χ3n) is 5.37. The number of hydrogen-bond donors (Lipinski definition) is 1. The van der Waals surface area contributed by atoms with Crippen LogP contribution in [0.4, 0.5) is 4.39 Å². The molecule has 7 nitrogen and oxygen atoms in total. The van der Waals surface area contributed by atoms with Crippen LogP contribution in [0.1, 0.15) is 11.1 Å². The van der Waals surface area contributed by atoms with E-state index >= 15 is 0 Å². The molecule has 1 aliphatic rings. The van der Waals surface area contributed by atoms with Crippen LogP contribution >= 0.6 is 24.0 Å². The van der Waals surface area contributed by atoms with E-state index in [-0.39, 0.29) is 29.8 Å². The summed E-state index contributed by atoms with van der Waals surface area (Å²) in [5, 5.41) is 3.23. The largest absolute Gasteiger partial charge is 0.352 e. The van der Waals surface area contributed by atoms with Gasteiger partial charge in [-0.05, 0) is 36.4 Å². The molecule has 0 unspecified atom stereocenters. The summed E-state index contributed by atoms with van der Waals surface area (Å²) in [6.07, 6.45) is 0. The average molecular weight is 575 g/mol. The SMILES string of the molecule is CN=C(NCc1ccccc1S(=O)(=O)N1CCN(C)CC1)N(C)Cc1cccc(F)c1.I. The van der Waals surface area contributed by atoms with Gasteiger partial charge in [0.25, 0.3) is 0 Å². The minimum atomic E-state index is -3.57. The fourth-order valence-electron chi connectivity index (χ4n) is 3.61. The van der Waals surface area contributed by atoms with Gasteiger partial charge in [0.2, 0.25) is 10.0 Å². The molecule has 0 spiro atoms. The maximum atomic E-state index is 13.5. The van der Waals surface area contributed by atoms with Gasteiger partial charge in [-0.1, -0.05) is 30.3 Å². The minimum Gasteiger partial charge on any atom is -0.352 e. The van der Waals surface area contributed by atoms with E-state index in [4.69, 9.17) is 0 Å². The van der Waals surface area contributed by atoms with Crippen LogP contribution in [0.5, 0.6) is 0 Å². The number of aliphatic imine (C=N–C) groups is 1. The first kappa shape index (κ1) is 26.5. The quantitative estimate of drug-likeness (QED) is 0.326. The van der Waals surface area contributed by atoms with Crippen LogP contribution in [-0.2, 0) is 23.1 Å². The standard InChI is InChI=1S/C22H30FN5O2S.HI/c1-24-22(27(3)17-18-7-6-9-20(23)15-18)25-16-19-8-4-5-10-21(19)31(29,30)28-13-11-26(2)12-14-28;/h4-10,15H,11-14,16-17H2,1-3H3,(H,24,25);1H. The first-order chi connectivity index (χ1) is 14.8. The molecule has 0 aromatic heterocycles. The van der Waals surface area contributed by atoms with Crippen LogP contribution in [-0.4, -0.2) is 75.8 Å². The number of sulfonamides is 1. The highest BCUT2D eigenvalue weighted by Gasteiger charge is 2.29. The molecule has 0 atom stereocenters. The Hall–Kier alpha value is -1.76. The predicted octanol–water partition coefficient (Wildman–Crippen LogP) is 2.59. The maximum Gasteiger partial charge on any atom is 0.243 e. The molecule has 3 rings (SSSR count). The Labute approximate surface area is 207 Å². The molecule has 0 saturated carbocycles. The number of benzene rings is 2. The highest BCUT2D eigenvalue weighted by Crippen LogP contribution is 2.21. The van der Waals surface area contributed by atoms with Gasteiger partial charge in [0.05, 0.1) is 4.90 Å². The summed E-state index contributed by atoms with van der Waals surface area (Å²) in [6, 6.07) is 13.5. The van der Waals surface area contributed by atoms with E-state index in [1.807, 2.05) is 37.2 Å². The van der Waals surface area contributed by atoms with Gasteiger partial charge < -0.3 is 15.1 Å². The second-order valence-electron chi connectivity index (χ2n) is 7.70. The van der Waals surface area contributed by atoms with Crippen LogP contribution in [0.3, 0.4) is 0 Å². The molecule has 32 heavy (non-hydrogen) atoms. The van der Waals surface area contributed by atoms with E-state index in [1.54, 1.807) is 29.6 Å². The summed E-state index contributed by atoms with van der Waals surface area (Å²) in [4.78, 5) is 8.59. The molecule has 0 aliphatic carbocycles. The van der Waals surface area contributed by atoms with E-state index in [1.165, 1.54) is 12.1 Å². The average Bonchev–Trinajstić information content (AvgIpc) is 2.75. The Kier molecular flexibility index (Phi) is 9.86. The molecule has 0 radical (unpaired) electrons. The number of hydrogen-bond acceptors (Lipinski definition) is 4. The molecule has 2 aromatic carbocycles. The first-order valence-corrected chi connectivity index (χ1v) is 11.7. The Morgan fingerprint density at radius 3 is 2.47 bits per heavy atom. The van der Waals surface area contributed by atoms with Crippen molar-refractivity contribution in [2.45, 2.75) is 18.0 Å². The zero-order valence-corrected chi connectivity index (χ0v) is 21.8. The Morgan fingerprint density at radius 1 is 1.12 bits per heavy atom. The van der Waals surface area contributed by atoms with E-state index in [2.05, 4.69) is 15.2 Å². The van der Waals surface area contributed by atoms with Crippen LogP contribution in [0.25, 0.3) is 0 Å². The van der Waals surface area contributed by atoms with Crippen LogP contribution in [0, 0.1) is 5.82 Å². The molecular formula is C22H31FIN5O2S. The van der Waals surface area contributed by atoms with Gasteiger partial charge in [0.1, 0.15) is 5.82 Å². The van der Waals surface area contributed by atoms with E-state index in [0.717, 1.165) is 18.7 Å². The number of rotatable bonds is 6. The summed E-state index contributed by atoms with van der Waals surface area (Å²) in [5.74, 6) is 0.313. The van der Waals surface area contributed by atoms with E-state index in [0.29, 0.717) is 42.6 Å². The number of likely N-dealkylation sites (N-methyl/N-ethyl adjacent to an activating group) is 1. The van der Waals surface area contributed by atoms with E-state index in [9.17, 15) is 12.8 Å². The van der Waals surface area contributed by atoms with Crippen molar-refractivity contribution in [1.29, 1.82) is 0 Å². The Bertz CT molecular complexity index is 1030. The monoisotopic (exact) mass is 575 g/mol. The predicted molar refractivity (Wildman–Crippen MR) is 136 cm³/mol. The summed E-state index contributed by atoms with van der Waals surface area (Å²) in [6.45, 7) is 3.19. The van der Waals surface area contributed by atoms with Gasteiger partial charge in [0, 0.05) is 53.4 Å². The lowest BCUT2D eigenvalue weighted by Gasteiger charge is -2.32. The fourth-order valence-corrected chi connectivity index (χ4v) is 5.26. The van der Waals surface area contributed by atoms with Crippen LogP contribution < -0.4 is 5.32 Å². The van der Waals surface area contributed by atoms with Crippen molar-refractivity contribution >= 4 is 40.0 Å². The van der Waals surface area contributed by atoms with Gasteiger partial charge in [-0.25, -0.2) is 12.8 Å². The van der Waals surface area contributed by atoms with Crippen LogP contribution in [0.2, 0.25) is 0 Å². The number of nitrogens with one attached hydrogen (secondary N) is 1. The van der Waals surface area contributed by atoms with Crippen molar-refractivity contribution in [1.82, 2.24) is 19.4 Å². The van der Waals surface area contributed by atoms with Crippen molar-refractivity contribution in [2.75, 3.05) is 47.3 Å². The zero-order chi connectivity index (χ0) is 22.4. The summed E-state index contributed by atoms with van der Waals surface area (Å²) in [5.41, 5.74) is 1.50. The number of nitrogens with zero attached hydrogens (tertiary/aromatic N) is 4. The second-order valence-corrected chi connectivity index (χ2v) is 9.61. The van der Waals surface area contributed by atoms with Crippen molar-refractivity contribution in [2.24, 2.45) is 4.99 Å².